The zero-order chi connectivity index (χ0) is 19.8. The quantitative estimate of drug-likeness (QED) is 0.687. The lowest BCUT2D eigenvalue weighted by molar-refractivity contribution is 0.0908. The van der Waals surface area contributed by atoms with Crippen LogP contribution in [0.5, 0.6) is 11.5 Å². The first-order valence-electron chi connectivity index (χ1n) is 9.30. The Morgan fingerprint density at radius 3 is 2.37 bits per heavy atom. The molecule has 1 amide bonds. The van der Waals surface area contributed by atoms with Crippen LogP contribution < -0.4 is 14.8 Å². The van der Waals surface area contributed by atoms with Crippen molar-refractivity contribution in [3.63, 3.8) is 0 Å². The molecule has 1 heterocycles. The molecule has 27 heavy (non-hydrogen) atoms. The second-order valence-corrected chi connectivity index (χ2v) is 6.89. The van der Waals surface area contributed by atoms with Crippen molar-refractivity contribution in [2.45, 2.75) is 46.4 Å². The van der Waals surface area contributed by atoms with Crippen molar-refractivity contribution in [1.29, 1.82) is 0 Å². The molecule has 0 spiro atoms. The van der Waals surface area contributed by atoms with Crippen LogP contribution in [0.3, 0.4) is 0 Å². The fourth-order valence-corrected chi connectivity index (χ4v) is 2.96. The smallest absolute Gasteiger partial charge is 0.287 e. The van der Waals surface area contributed by atoms with Crippen LogP contribution in [0, 0.1) is 0 Å². The van der Waals surface area contributed by atoms with Crippen molar-refractivity contribution >= 4 is 5.91 Å². The summed E-state index contributed by atoms with van der Waals surface area (Å²) < 4.78 is 16.6. The summed E-state index contributed by atoms with van der Waals surface area (Å²) in [7, 11) is 1.59. The van der Waals surface area contributed by atoms with Crippen LogP contribution in [0.15, 0.2) is 40.8 Å². The summed E-state index contributed by atoms with van der Waals surface area (Å²) in [4.78, 5) is 14.6. The van der Waals surface area contributed by atoms with Gasteiger partial charge in [-0.15, -0.1) is 0 Å². The molecule has 0 fully saturated rings. The van der Waals surface area contributed by atoms with E-state index in [2.05, 4.69) is 37.9 Å². The number of nitrogens with one attached hydrogen (secondary N) is 1. The Bertz CT molecular complexity index is 716. The van der Waals surface area contributed by atoms with Crippen LogP contribution in [-0.2, 0) is 6.61 Å². The highest BCUT2D eigenvalue weighted by atomic mass is 16.5. The number of ether oxygens (including phenoxy) is 2. The van der Waals surface area contributed by atoms with Gasteiger partial charge in [-0.05, 0) is 52.0 Å². The standard InChI is InChI=1S/C21H30N2O4/c1-15(2)23(16(3)4)13-12-22-21(24)20-11-10-17(27-20)14-26-19-9-7-6-8-18(19)25-5/h6-11,15-16H,12-14H2,1-5H3,(H,22,24). The van der Waals surface area contributed by atoms with Crippen LogP contribution in [0.25, 0.3) is 0 Å². The molecule has 0 aliphatic heterocycles. The second-order valence-electron chi connectivity index (χ2n) is 6.89. The highest BCUT2D eigenvalue weighted by Crippen LogP contribution is 2.26. The molecule has 0 saturated heterocycles. The lowest BCUT2D eigenvalue weighted by Crippen LogP contribution is -2.42. The molecule has 0 saturated carbocycles. The molecule has 1 N–H and O–H groups in total. The largest absolute Gasteiger partial charge is 0.493 e. The van der Waals surface area contributed by atoms with Crippen molar-refractivity contribution < 1.29 is 18.7 Å². The molecule has 0 aliphatic rings. The van der Waals surface area contributed by atoms with E-state index in [0.29, 0.717) is 35.9 Å². The number of methoxy groups -OCH3 is 1. The summed E-state index contributed by atoms with van der Waals surface area (Å²) in [5.74, 6) is 1.93. The maximum absolute atomic E-state index is 12.3. The Hall–Kier alpha value is -2.47. The van der Waals surface area contributed by atoms with Gasteiger partial charge in [-0.2, -0.15) is 0 Å². The summed E-state index contributed by atoms with van der Waals surface area (Å²) >= 11 is 0. The molecule has 0 bridgehead atoms. The highest BCUT2D eigenvalue weighted by molar-refractivity contribution is 5.91. The number of para-hydroxylation sites is 2. The van der Waals surface area contributed by atoms with Gasteiger partial charge in [-0.25, -0.2) is 0 Å². The average molecular weight is 374 g/mol. The third-order valence-electron chi connectivity index (χ3n) is 4.31. The number of carbonyl (C=O) groups is 1. The number of hydrogen-bond acceptors (Lipinski definition) is 5. The molecular formula is C21H30N2O4. The van der Waals surface area contributed by atoms with Gasteiger partial charge < -0.3 is 19.2 Å². The Labute approximate surface area is 161 Å². The number of amides is 1. The monoisotopic (exact) mass is 374 g/mol. The molecule has 0 unspecified atom stereocenters. The highest BCUT2D eigenvalue weighted by Gasteiger charge is 2.15. The van der Waals surface area contributed by atoms with Gasteiger partial charge in [0.25, 0.3) is 5.91 Å². The van der Waals surface area contributed by atoms with Gasteiger partial charge in [-0.3, -0.25) is 9.69 Å². The lowest BCUT2D eigenvalue weighted by atomic mass is 10.2. The fourth-order valence-electron chi connectivity index (χ4n) is 2.96. The number of rotatable bonds is 10. The van der Waals surface area contributed by atoms with Gasteiger partial charge in [0.2, 0.25) is 0 Å². The molecule has 2 aromatic rings. The van der Waals surface area contributed by atoms with Gasteiger partial charge in [0.15, 0.2) is 17.3 Å². The van der Waals surface area contributed by atoms with Crippen molar-refractivity contribution in [3.8, 4) is 11.5 Å². The van der Waals surface area contributed by atoms with E-state index in [-0.39, 0.29) is 18.3 Å². The van der Waals surface area contributed by atoms with E-state index in [1.807, 2.05) is 24.3 Å². The molecular weight excluding hydrogens is 344 g/mol. The van der Waals surface area contributed by atoms with Crippen molar-refractivity contribution in [1.82, 2.24) is 10.2 Å². The second kappa shape index (κ2) is 10.0. The van der Waals surface area contributed by atoms with E-state index in [9.17, 15) is 4.79 Å². The normalized spacial score (nSPS) is 11.3. The first kappa shape index (κ1) is 20.8. The summed E-state index contributed by atoms with van der Waals surface area (Å²) in [5.41, 5.74) is 0. The molecule has 6 nitrogen and oxygen atoms in total. The molecule has 148 valence electrons. The van der Waals surface area contributed by atoms with Crippen molar-refractivity contribution in [3.05, 3.63) is 47.9 Å². The van der Waals surface area contributed by atoms with Crippen LogP contribution in [0.4, 0.5) is 0 Å². The van der Waals surface area contributed by atoms with Gasteiger partial charge >= 0.3 is 0 Å². The summed E-state index contributed by atoms with van der Waals surface area (Å²) in [6.45, 7) is 10.2. The zero-order valence-electron chi connectivity index (χ0n) is 16.8. The number of benzene rings is 1. The lowest BCUT2D eigenvalue weighted by Gasteiger charge is -2.30. The minimum absolute atomic E-state index is 0.217. The van der Waals surface area contributed by atoms with E-state index >= 15 is 0 Å². The minimum atomic E-state index is -0.217. The fraction of sp³-hybridized carbons (Fsp3) is 0.476. The number of nitrogens with zero attached hydrogens (tertiary/aromatic N) is 1. The molecule has 1 aromatic heterocycles. The van der Waals surface area contributed by atoms with E-state index in [1.54, 1.807) is 19.2 Å². The molecule has 2 rings (SSSR count). The topological polar surface area (TPSA) is 63.9 Å². The van der Waals surface area contributed by atoms with Gasteiger partial charge in [0, 0.05) is 25.2 Å². The summed E-state index contributed by atoms with van der Waals surface area (Å²) in [6, 6.07) is 11.7. The Morgan fingerprint density at radius 2 is 1.74 bits per heavy atom. The predicted molar refractivity (Wildman–Crippen MR) is 105 cm³/mol. The first-order chi connectivity index (χ1) is 12.9. The van der Waals surface area contributed by atoms with E-state index in [0.717, 1.165) is 6.54 Å². The Balaban J connectivity index is 1.84. The molecule has 0 radical (unpaired) electrons. The van der Waals surface area contributed by atoms with Gasteiger partial charge in [0.1, 0.15) is 12.4 Å². The third kappa shape index (κ3) is 6.03. The maximum atomic E-state index is 12.3. The van der Waals surface area contributed by atoms with Crippen LogP contribution >= 0.6 is 0 Å². The number of furan rings is 1. The minimum Gasteiger partial charge on any atom is -0.493 e. The van der Waals surface area contributed by atoms with Crippen LogP contribution in [-0.4, -0.2) is 43.1 Å². The summed E-state index contributed by atoms with van der Waals surface area (Å²) in [6.07, 6.45) is 0. The molecule has 1 aromatic carbocycles. The first-order valence-corrected chi connectivity index (χ1v) is 9.30. The van der Waals surface area contributed by atoms with Crippen LogP contribution in [0.2, 0.25) is 0 Å². The Kier molecular flexibility index (Phi) is 7.73. The van der Waals surface area contributed by atoms with Gasteiger partial charge in [0.05, 0.1) is 7.11 Å². The number of hydrogen-bond donors (Lipinski definition) is 1. The van der Waals surface area contributed by atoms with E-state index in [1.165, 1.54) is 0 Å². The van der Waals surface area contributed by atoms with Crippen molar-refractivity contribution in [2.75, 3.05) is 20.2 Å². The van der Waals surface area contributed by atoms with Crippen molar-refractivity contribution in [2.24, 2.45) is 0 Å². The third-order valence-corrected chi connectivity index (χ3v) is 4.31. The molecule has 0 aliphatic carbocycles. The Morgan fingerprint density at radius 1 is 1.07 bits per heavy atom. The van der Waals surface area contributed by atoms with Gasteiger partial charge in [-0.1, -0.05) is 12.1 Å². The predicted octanol–water partition coefficient (Wildman–Crippen LogP) is 3.72. The SMILES string of the molecule is COc1ccccc1OCc1ccc(C(=O)NCCN(C(C)C)C(C)C)o1. The van der Waals surface area contributed by atoms with E-state index < -0.39 is 0 Å². The molecule has 0 atom stereocenters. The maximum Gasteiger partial charge on any atom is 0.287 e. The van der Waals surface area contributed by atoms with E-state index in [4.69, 9.17) is 13.9 Å². The summed E-state index contributed by atoms with van der Waals surface area (Å²) in [5, 5.41) is 2.91. The number of carbonyl (C=O) groups excluding carboxylic acids is 1. The van der Waals surface area contributed by atoms with Crippen LogP contribution in [0.1, 0.15) is 44.0 Å². The average Bonchev–Trinajstić information content (AvgIpc) is 3.12. The zero-order valence-corrected chi connectivity index (χ0v) is 16.8. The molecule has 6 heteroatoms.